The SMILES string of the molecule is Cc1ccc(S(=O)(=O)Oc2ccc(C(=O)CN(C(=O)c3ccc(Cl)cc3)N3C(=O)[C@@H]4C5c6ccccc6C(c6ccccc65)[C@H]4C3=O)cc2)cc1. The normalized spacial score (nSPS) is 20.0. The van der Waals surface area contributed by atoms with Crippen molar-refractivity contribution in [3.8, 4) is 5.75 Å². The van der Waals surface area contributed by atoms with Gasteiger partial charge in [-0.25, -0.2) is 5.01 Å². The van der Waals surface area contributed by atoms with E-state index in [2.05, 4.69) is 0 Å². The maximum Gasteiger partial charge on any atom is 0.339 e. The number of hydrazine groups is 1. The molecule has 0 saturated carbocycles. The van der Waals surface area contributed by atoms with E-state index in [1.54, 1.807) is 12.1 Å². The number of halogens is 1. The van der Waals surface area contributed by atoms with Gasteiger partial charge in [-0.2, -0.15) is 13.4 Å². The van der Waals surface area contributed by atoms with Crippen molar-refractivity contribution < 1.29 is 31.8 Å². The number of carbonyl (C=O) groups is 4. The Kier molecular flexibility index (Phi) is 7.88. The molecule has 5 aromatic carbocycles. The topological polar surface area (TPSA) is 118 Å². The van der Waals surface area contributed by atoms with Crippen molar-refractivity contribution in [2.45, 2.75) is 23.7 Å². The molecule has 9 nitrogen and oxygen atoms in total. The summed E-state index contributed by atoms with van der Waals surface area (Å²) in [5.74, 6) is -4.79. The van der Waals surface area contributed by atoms with Crippen LogP contribution in [0, 0.1) is 18.8 Å². The number of rotatable bonds is 8. The van der Waals surface area contributed by atoms with Crippen LogP contribution in [-0.4, -0.2) is 48.5 Å². The molecule has 4 aliphatic rings. The number of hydrogen-bond acceptors (Lipinski definition) is 7. The minimum absolute atomic E-state index is 0.0233. The predicted molar refractivity (Wildman–Crippen MR) is 188 cm³/mol. The zero-order valence-corrected chi connectivity index (χ0v) is 28.7. The Morgan fingerprint density at radius 3 is 1.65 bits per heavy atom. The van der Waals surface area contributed by atoms with E-state index in [0.717, 1.165) is 37.8 Å². The van der Waals surface area contributed by atoms with Crippen LogP contribution in [0.3, 0.4) is 0 Å². The smallest absolute Gasteiger partial charge is 0.339 e. The standard InChI is InChI=1S/C40H29ClN2O7S/c1-23-10-20-28(21-11-23)51(48,49)50-27-18-14-24(15-19-27)33(44)22-42(38(45)25-12-16-26(41)17-13-25)43-39(46)36-34-29-6-2-3-7-30(29)35(37(36)40(43)47)32-9-5-4-8-31(32)34/h2-21,34-37H,22H2,1H3/t34?,35?,36-,37-/m1/s1. The zero-order valence-electron chi connectivity index (χ0n) is 27.1. The molecule has 3 aliphatic carbocycles. The van der Waals surface area contributed by atoms with Crippen LogP contribution in [-0.2, 0) is 19.7 Å². The van der Waals surface area contributed by atoms with Gasteiger partial charge in [0.25, 0.3) is 17.7 Å². The summed E-state index contributed by atoms with van der Waals surface area (Å²) in [4.78, 5) is 57.1. The quantitative estimate of drug-likeness (QED) is 0.102. The Balaban J connectivity index is 1.12. The third kappa shape index (κ3) is 5.42. The number of ketones is 1. The molecule has 0 aromatic heterocycles. The van der Waals surface area contributed by atoms with E-state index in [4.69, 9.17) is 15.8 Å². The Labute approximate surface area is 299 Å². The largest absolute Gasteiger partial charge is 0.379 e. The van der Waals surface area contributed by atoms with Gasteiger partial charge in [-0.15, -0.1) is 0 Å². The molecule has 1 heterocycles. The van der Waals surface area contributed by atoms with Gasteiger partial charge in [0.1, 0.15) is 17.2 Å². The second kappa shape index (κ2) is 12.3. The van der Waals surface area contributed by atoms with Crippen molar-refractivity contribution in [2.75, 3.05) is 6.54 Å². The van der Waals surface area contributed by atoms with Crippen LogP contribution in [0.15, 0.2) is 126 Å². The molecule has 3 amide bonds. The summed E-state index contributed by atoms with van der Waals surface area (Å²) in [6.07, 6.45) is 0. The minimum atomic E-state index is -4.13. The predicted octanol–water partition coefficient (Wildman–Crippen LogP) is 6.55. The second-order valence-electron chi connectivity index (χ2n) is 12.9. The molecule has 254 valence electrons. The summed E-state index contributed by atoms with van der Waals surface area (Å²) >= 11 is 6.09. The molecule has 2 atom stereocenters. The van der Waals surface area contributed by atoms with Crippen molar-refractivity contribution in [3.05, 3.63) is 165 Å². The van der Waals surface area contributed by atoms with Crippen molar-refractivity contribution >= 4 is 45.2 Å². The molecule has 9 rings (SSSR count). The minimum Gasteiger partial charge on any atom is -0.379 e. The van der Waals surface area contributed by atoms with E-state index in [9.17, 15) is 27.6 Å². The molecule has 0 spiro atoms. The molecule has 0 unspecified atom stereocenters. The van der Waals surface area contributed by atoms with E-state index in [1.807, 2.05) is 55.5 Å². The maximum atomic E-state index is 14.5. The lowest BCUT2D eigenvalue weighted by molar-refractivity contribution is -0.154. The fourth-order valence-corrected chi connectivity index (χ4v) is 8.73. The maximum absolute atomic E-state index is 14.5. The lowest BCUT2D eigenvalue weighted by Gasteiger charge is -2.45. The fraction of sp³-hybridized carbons (Fsp3) is 0.150. The van der Waals surface area contributed by atoms with Gasteiger partial charge in [-0.05, 0) is 89.8 Å². The Hall–Kier alpha value is -5.58. The highest BCUT2D eigenvalue weighted by Gasteiger charge is 2.63. The van der Waals surface area contributed by atoms with Gasteiger partial charge in [0.05, 0.1) is 11.8 Å². The van der Waals surface area contributed by atoms with Crippen molar-refractivity contribution in [1.29, 1.82) is 0 Å². The first kappa shape index (κ1) is 32.6. The number of carbonyl (C=O) groups excluding carboxylic acids is 4. The van der Waals surface area contributed by atoms with Gasteiger partial charge in [0.15, 0.2) is 5.78 Å². The Bertz CT molecular complexity index is 2240. The molecule has 5 aromatic rings. The Morgan fingerprint density at radius 1 is 0.686 bits per heavy atom. The molecular formula is C40H29ClN2O7S. The molecule has 1 saturated heterocycles. The molecule has 0 radical (unpaired) electrons. The van der Waals surface area contributed by atoms with Crippen molar-refractivity contribution in [3.63, 3.8) is 0 Å². The molecule has 11 heteroatoms. The summed E-state index contributed by atoms with van der Waals surface area (Å²) in [5, 5.41) is 2.18. The summed E-state index contributed by atoms with van der Waals surface area (Å²) < 4.78 is 30.9. The van der Waals surface area contributed by atoms with Gasteiger partial charge in [0.2, 0.25) is 0 Å². The van der Waals surface area contributed by atoms with E-state index in [1.165, 1.54) is 60.7 Å². The van der Waals surface area contributed by atoms with Gasteiger partial charge >= 0.3 is 10.1 Å². The second-order valence-corrected chi connectivity index (χ2v) is 14.9. The fourth-order valence-electron chi connectivity index (χ4n) is 7.68. The van der Waals surface area contributed by atoms with Crippen LogP contribution < -0.4 is 4.18 Å². The molecule has 1 aliphatic heterocycles. The molecule has 0 N–H and O–H groups in total. The first-order valence-electron chi connectivity index (χ1n) is 16.3. The summed E-state index contributed by atoms with van der Waals surface area (Å²) in [6, 6.07) is 33.2. The van der Waals surface area contributed by atoms with Crippen LogP contribution >= 0.6 is 11.6 Å². The number of benzene rings is 5. The monoisotopic (exact) mass is 716 g/mol. The van der Waals surface area contributed by atoms with E-state index < -0.39 is 63.8 Å². The summed E-state index contributed by atoms with van der Waals surface area (Å²) in [6.45, 7) is 1.19. The van der Waals surface area contributed by atoms with E-state index >= 15 is 0 Å². The summed E-state index contributed by atoms with van der Waals surface area (Å²) in [5.41, 5.74) is 5.03. The van der Waals surface area contributed by atoms with E-state index in [0.29, 0.717) is 5.02 Å². The zero-order chi connectivity index (χ0) is 35.6. The number of amides is 3. The molecule has 1 fully saturated rings. The number of Topliss-reactive ketones (excluding diaryl/α,β-unsaturated/α-hetero) is 1. The van der Waals surface area contributed by atoms with Gasteiger partial charge in [-0.3, -0.25) is 19.2 Å². The van der Waals surface area contributed by atoms with Crippen LogP contribution in [0.1, 0.15) is 60.4 Å². The van der Waals surface area contributed by atoms with Crippen LogP contribution in [0.5, 0.6) is 5.75 Å². The van der Waals surface area contributed by atoms with E-state index in [-0.39, 0.29) is 21.8 Å². The highest BCUT2D eigenvalue weighted by Crippen LogP contribution is 2.61. The molecule has 51 heavy (non-hydrogen) atoms. The average molecular weight is 717 g/mol. The first-order chi connectivity index (χ1) is 24.5. The highest BCUT2D eigenvalue weighted by molar-refractivity contribution is 7.87. The van der Waals surface area contributed by atoms with Crippen molar-refractivity contribution in [1.82, 2.24) is 10.0 Å². The third-order valence-electron chi connectivity index (χ3n) is 9.98. The number of nitrogens with zero attached hydrogens (tertiary/aromatic N) is 2. The van der Waals surface area contributed by atoms with Gasteiger partial charge in [0, 0.05) is 28.0 Å². The average Bonchev–Trinajstić information content (AvgIpc) is 3.40. The van der Waals surface area contributed by atoms with Gasteiger partial charge in [-0.1, -0.05) is 77.8 Å². The van der Waals surface area contributed by atoms with Crippen molar-refractivity contribution in [2.24, 2.45) is 11.8 Å². The third-order valence-corrected chi connectivity index (χ3v) is 11.5. The number of hydrogen-bond donors (Lipinski definition) is 0. The first-order valence-corrected chi connectivity index (χ1v) is 18.1. The lowest BCUT2D eigenvalue weighted by atomic mass is 9.55. The highest BCUT2D eigenvalue weighted by atomic mass is 35.5. The molecular weight excluding hydrogens is 688 g/mol. The van der Waals surface area contributed by atoms with Crippen LogP contribution in [0.2, 0.25) is 5.02 Å². The number of aryl methyl sites for hydroxylation is 1. The molecule has 2 bridgehead atoms. The van der Waals surface area contributed by atoms with Crippen LogP contribution in [0.4, 0.5) is 0 Å². The Morgan fingerprint density at radius 2 is 1.16 bits per heavy atom. The summed E-state index contributed by atoms with van der Waals surface area (Å²) in [7, 11) is -4.13. The number of imide groups is 1. The lowest BCUT2D eigenvalue weighted by Crippen LogP contribution is -2.52. The van der Waals surface area contributed by atoms with Gasteiger partial charge < -0.3 is 4.18 Å². The van der Waals surface area contributed by atoms with Crippen LogP contribution in [0.25, 0.3) is 0 Å².